The largest absolute Gasteiger partial charge is 0.393 e. The van der Waals surface area contributed by atoms with E-state index in [-0.39, 0.29) is 18.3 Å². The van der Waals surface area contributed by atoms with Gasteiger partial charge >= 0.3 is 0 Å². The van der Waals surface area contributed by atoms with Crippen LogP contribution in [0.25, 0.3) is 0 Å². The smallest absolute Gasteiger partial charge is 0.133 e. The van der Waals surface area contributed by atoms with Gasteiger partial charge in [0.25, 0.3) is 0 Å². The predicted octanol–water partition coefficient (Wildman–Crippen LogP) is 5.79. The third-order valence-electron chi connectivity index (χ3n) is 6.65. The Hall–Kier alpha value is -0.120. The highest BCUT2D eigenvalue weighted by Gasteiger charge is 2.58. The van der Waals surface area contributed by atoms with E-state index in [1.165, 1.54) is 70.6 Å². The minimum atomic E-state index is -0.294. The molecule has 0 radical (unpaired) electrons. The Bertz CT molecular complexity index is 345. The molecule has 1 N–H and O–H groups in total. The fraction of sp³-hybridized carbons (Fsp3) is 1.00. The van der Waals surface area contributed by atoms with E-state index in [4.69, 9.17) is 4.74 Å². The van der Waals surface area contributed by atoms with E-state index in [2.05, 4.69) is 39.6 Å². The second-order valence-corrected chi connectivity index (χ2v) is 8.60. The summed E-state index contributed by atoms with van der Waals surface area (Å²) in [5.41, 5.74) is -0.294. The molecule has 3 unspecified atom stereocenters. The average Bonchev–Trinajstić information content (AvgIpc) is 3.30. The van der Waals surface area contributed by atoms with Crippen LogP contribution >= 0.6 is 0 Å². The lowest BCUT2D eigenvalue weighted by atomic mass is 9.93. The van der Waals surface area contributed by atoms with Crippen LogP contribution in [0.4, 0.5) is 0 Å². The van der Waals surface area contributed by atoms with E-state index < -0.39 is 0 Å². The number of aliphatic hydroxyl groups excluding tert-OH is 1. The first-order valence-electron chi connectivity index (χ1n) is 11.5. The molecule has 3 heteroatoms. The third-order valence-corrected chi connectivity index (χ3v) is 6.65. The Morgan fingerprint density at radius 2 is 1.50 bits per heavy atom. The molecule has 1 rings (SSSR count). The lowest BCUT2D eigenvalue weighted by Gasteiger charge is -2.31. The maximum Gasteiger partial charge on any atom is 0.133 e. The number of rotatable bonds is 17. The standard InChI is InChI=1S/C23H47NO2/c1-6-16-21(7-2)17-14-12-10-9-11-13-15-18-24(5)22(8-3)23(19-25)20(4)26-23/h20-22,25H,6-19H2,1-5H3/t20?,21?,22-,23?/m0/s1. The molecule has 156 valence electrons. The van der Waals surface area contributed by atoms with Crippen molar-refractivity contribution in [3.05, 3.63) is 0 Å². The van der Waals surface area contributed by atoms with Crippen molar-refractivity contribution in [2.45, 2.75) is 122 Å². The molecule has 26 heavy (non-hydrogen) atoms. The van der Waals surface area contributed by atoms with E-state index in [0.29, 0.717) is 6.04 Å². The molecule has 1 saturated heterocycles. The molecule has 0 spiro atoms. The zero-order valence-corrected chi connectivity index (χ0v) is 18.4. The van der Waals surface area contributed by atoms with Crippen molar-refractivity contribution in [2.24, 2.45) is 5.92 Å². The minimum absolute atomic E-state index is 0.147. The zero-order chi connectivity index (χ0) is 19.4. The highest BCUT2D eigenvalue weighted by molar-refractivity contribution is 5.08. The number of unbranched alkanes of at least 4 members (excludes halogenated alkanes) is 6. The van der Waals surface area contributed by atoms with Gasteiger partial charge in [0.2, 0.25) is 0 Å². The SMILES string of the molecule is CCCC(CC)CCCCCCCCCN(C)[C@@H](CC)C1(CO)OC1C. The van der Waals surface area contributed by atoms with Crippen molar-refractivity contribution >= 4 is 0 Å². The maximum atomic E-state index is 9.72. The van der Waals surface area contributed by atoms with Gasteiger partial charge in [0, 0.05) is 6.04 Å². The molecular weight excluding hydrogens is 322 g/mol. The van der Waals surface area contributed by atoms with Gasteiger partial charge in [-0.05, 0) is 39.3 Å². The van der Waals surface area contributed by atoms with E-state index in [1.54, 1.807) is 0 Å². The molecule has 0 aromatic carbocycles. The molecule has 4 atom stereocenters. The number of hydrogen-bond donors (Lipinski definition) is 1. The summed E-state index contributed by atoms with van der Waals surface area (Å²) in [7, 11) is 2.19. The van der Waals surface area contributed by atoms with Crippen molar-refractivity contribution < 1.29 is 9.84 Å². The first-order chi connectivity index (χ1) is 12.6. The summed E-state index contributed by atoms with van der Waals surface area (Å²) >= 11 is 0. The van der Waals surface area contributed by atoms with Crippen LogP contribution in [0.1, 0.15) is 105 Å². The second kappa shape index (κ2) is 13.1. The molecule has 1 heterocycles. The first-order valence-corrected chi connectivity index (χ1v) is 11.5. The summed E-state index contributed by atoms with van der Waals surface area (Å²) in [6.45, 7) is 10.2. The van der Waals surface area contributed by atoms with Crippen molar-refractivity contribution in [3.63, 3.8) is 0 Å². The number of hydrogen-bond acceptors (Lipinski definition) is 3. The van der Waals surface area contributed by atoms with E-state index in [0.717, 1.165) is 18.9 Å². The van der Waals surface area contributed by atoms with Crippen LogP contribution < -0.4 is 0 Å². The fourth-order valence-electron chi connectivity index (χ4n) is 4.74. The van der Waals surface area contributed by atoms with Gasteiger partial charge in [0.1, 0.15) is 5.60 Å². The van der Waals surface area contributed by atoms with Crippen LogP contribution in [0.3, 0.4) is 0 Å². The monoisotopic (exact) mass is 369 g/mol. The lowest BCUT2D eigenvalue weighted by molar-refractivity contribution is 0.0751. The number of aliphatic hydroxyl groups is 1. The van der Waals surface area contributed by atoms with Gasteiger partial charge in [0.15, 0.2) is 0 Å². The van der Waals surface area contributed by atoms with Crippen molar-refractivity contribution in [1.29, 1.82) is 0 Å². The Labute approximate surface area is 163 Å². The van der Waals surface area contributed by atoms with E-state index in [9.17, 15) is 5.11 Å². The number of likely N-dealkylation sites (N-methyl/N-ethyl adjacent to an activating group) is 1. The minimum Gasteiger partial charge on any atom is -0.393 e. The van der Waals surface area contributed by atoms with E-state index >= 15 is 0 Å². The number of ether oxygens (including phenoxy) is 1. The molecule has 0 aromatic rings. The molecule has 0 amide bonds. The van der Waals surface area contributed by atoms with Gasteiger partial charge in [-0.1, -0.05) is 85.0 Å². The average molecular weight is 370 g/mol. The zero-order valence-electron chi connectivity index (χ0n) is 18.4. The summed E-state index contributed by atoms with van der Waals surface area (Å²) < 4.78 is 5.76. The van der Waals surface area contributed by atoms with Crippen molar-refractivity contribution in [3.8, 4) is 0 Å². The van der Waals surface area contributed by atoms with Gasteiger partial charge in [-0.2, -0.15) is 0 Å². The van der Waals surface area contributed by atoms with Crippen LogP contribution in [-0.4, -0.2) is 48.0 Å². The summed E-state index contributed by atoms with van der Waals surface area (Å²) in [5.74, 6) is 0.974. The molecule has 1 aliphatic rings. The number of nitrogens with zero attached hydrogens (tertiary/aromatic N) is 1. The summed E-state index contributed by atoms with van der Waals surface area (Å²) in [5, 5.41) is 9.72. The highest BCUT2D eigenvalue weighted by atomic mass is 16.6. The van der Waals surface area contributed by atoms with Crippen LogP contribution in [0.15, 0.2) is 0 Å². The van der Waals surface area contributed by atoms with Gasteiger partial charge < -0.3 is 14.7 Å². The number of epoxide rings is 1. The quantitative estimate of drug-likeness (QED) is 0.260. The summed E-state index contributed by atoms with van der Waals surface area (Å²) in [6.07, 6.45) is 16.4. The van der Waals surface area contributed by atoms with Crippen LogP contribution in [-0.2, 0) is 4.74 Å². The topological polar surface area (TPSA) is 36.0 Å². The Balaban J connectivity index is 2.03. The van der Waals surface area contributed by atoms with Gasteiger partial charge in [-0.15, -0.1) is 0 Å². The van der Waals surface area contributed by atoms with Crippen molar-refractivity contribution in [2.75, 3.05) is 20.2 Å². The molecule has 0 aliphatic carbocycles. The van der Waals surface area contributed by atoms with Crippen LogP contribution in [0.5, 0.6) is 0 Å². The molecule has 1 fully saturated rings. The van der Waals surface area contributed by atoms with Gasteiger partial charge in [-0.3, -0.25) is 0 Å². The van der Waals surface area contributed by atoms with Crippen LogP contribution in [0.2, 0.25) is 0 Å². The molecule has 3 nitrogen and oxygen atoms in total. The Morgan fingerprint density at radius 1 is 0.923 bits per heavy atom. The molecule has 0 bridgehead atoms. The van der Waals surface area contributed by atoms with Gasteiger partial charge in [-0.25, -0.2) is 0 Å². The fourth-order valence-corrected chi connectivity index (χ4v) is 4.74. The highest BCUT2D eigenvalue weighted by Crippen LogP contribution is 2.42. The van der Waals surface area contributed by atoms with Crippen LogP contribution in [0, 0.1) is 5.92 Å². The lowest BCUT2D eigenvalue weighted by Crippen LogP contribution is -2.47. The normalized spacial score (nSPS) is 24.8. The molecule has 0 saturated carbocycles. The van der Waals surface area contributed by atoms with Crippen molar-refractivity contribution in [1.82, 2.24) is 4.90 Å². The maximum absolute atomic E-state index is 9.72. The first kappa shape index (κ1) is 23.9. The third kappa shape index (κ3) is 7.48. The summed E-state index contributed by atoms with van der Waals surface area (Å²) in [4.78, 5) is 2.42. The predicted molar refractivity (Wildman–Crippen MR) is 113 cm³/mol. The Kier molecular flexibility index (Phi) is 12.1. The molecule has 1 aliphatic heterocycles. The summed E-state index contributed by atoms with van der Waals surface area (Å²) in [6, 6.07) is 0.345. The second-order valence-electron chi connectivity index (χ2n) is 8.60. The Morgan fingerprint density at radius 3 is 1.96 bits per heavy atom. The molecule has 0 aromatic heterocycles. The van der Waals surface area contributed by atoms with E-state index in [1.807, 2.05) is 0 Å². The van der Waals surface area contributed by atoms with Gasteiger partial charge in [0.05, 0.1) is 12.7 Å². The molecular formula is C23H47NO2.